The molecular weight excluding hydrogens is 220 g/mol. The van der Waals surface area contributed by atoms with Crippen LogP contribution in [0.3, 0.4) is 0 Å². The third kappa shape index (κ3) is 3.12. The monoisotopic (exact) mass is 246 g/mol. The van der Waals surface area contributed by atoms with Crippen LogP contribution in [0.25, 0.3) is 0 Å². The zero-order valence-electron chi connectivity index (χ0n) is 11.9. The van der Waals surface area contributed by atoms with E-state index in [1.807, 2.05) is 0 Å². The first kappa shape index (κ1) is 13.6. The van der Waals surface area contributed by atoms with Crippen molar-refractivity contribution in [3.05, 3.63) is 35.4 Å². The van der Waals surface area contributed by atoms with Crippen molar-refractivity contribution in [1.82, 2.24) is 4.90 Å². The van der Waals surface area contributed by atoms with Crippen LogP contribution < -0.4 is 5.73 Å². The normalized spacial score (nSPS) is 22.6. The van der Waals surface area contributed by atoms with Gasteiger partial charge in [0.2, 0.25) is 0 Å². The highest BCUT2D eigenvalue weighted by Gasteiger charge is 2.22. The Bertz CT molecular complexity index is 369. The number of hydrogen-bond acceptors (Lipinski definition) is 2. The number of nitrogens with zero attached hydrogens (tertiary/aromatic N) is 1. The van der Waals surface area contributed by atoms with Crippen LogP contribution in [0.5, 0.6) is 0 Å². The van der Waals surface area contributed by atoms with E-state index in [1.54, 1.807) is 0 Å². The average molecular weight is 246 g/mol. The first-order chi connectivity index (χ1) is 8.58. The molecule has 0 aromatic heterocycles. The number of likely N-dealkylation sites (tertiary alicyclic amines) is 1. The van der Waals surface area contributed by atoms with Crippen LogP contribution in [-0.4, -0.2) is 24.0 Å². The molecule has 100 valence electrons. The summed E-state index contributed by atoms with van der Waals surface area (Å²) in [7, 11) is 0. The van der Waals surface area contributed by atoms with Gasteiger partial charge < -0.3 is 5.73 Å². The summed E-state index contributed by atoms with van der Waals surface area (Å²) >= 11 is 0. The Morgan fingerprint density at radius 3 is 2.33 bits per heavy atom. The van der Waals surface area contributed by atoms with E-state index in [9.17, 15) is 0 Å². The fraction of sp³-hybridized carbons (Fsp3) is 0.625. The molecule has 0 bridgehead atoms. The molecule has 2 heteroatoms. The Kier molecular flexibility index (Phi) is 4.41. The van der Waals surface area contributed by atoms with Crippen LogP contribution in [0.4, 0.5) is 0 Å². The van der Waals surface area contributed by atoms with Gasteiger partial charge in [-0.3, -0.25) is 4.90 Å². The van der Waals surface area contributed by atoms with Crippen molar-refractivity contribution in [3.8, 4) is 0 Å². The molecule has 0 amide bonds. The van der Waals surface area contributed by atoms with E-state index in [4.69, 9.17) is 5.73 Å². The first-order valence-electron chi connectivity index (χ1n) is 7.17. The molecule has 2 nitrogen and oxygen atoms in total. The SMILES string of the molecule is CC(C)c1ccc(C(N)CN2CCCC2C)cc1. The standard InChI is InChI=1S/C16H26N2/c1-12(2)14-6-8-15(9-7-14)16(17)11-18-10-4-5-13(18)3/h6-9,12-13,16H,4-5,10-11,17H2,1-3H3. The minimum absolute atomic E-state index is 0.145. The lowest BCUT2D eigenvalue weighted by Crippen LogP contribution is -2.34. The van der Waals surface area contributed by atoms with Crippen molar-refractivity contribution in [3.63, 3.8) is 0 Å². The molecule has 18 heavy (non-hydrogen) atoms. The zero-order chi connectivity index (χ0) is 13.1. The van der Waals surface area contributed by atoms with Gasteiger partial charge in [-0.1, -0.05) is 38.1 Å². The van der Waals surface area contributed by atoms with E-state index < -0.39 is 0 Å². The van der Waals surface area contributed by atoms with Crippen molar-refractivity contribution in [2.45, 2.75) is 51.6 Å². The van der Waals surface area contributed by atoms with Crippen molar-refractivity contribution < 1.29 is 0 Å². The van der Waals surface area contributed by atoms with E-state index in [0.29, 0.717) is 12.0 Å². The Labute approximate surface area is 111 Å². The maximum Gasteiger partial charge on any atom is 0.0424 e. The van der Waals surface area contributed by atoms with Gasteiger partial charge in [0.25, 0.3) is 0 Å². The summed E-state index contributed by atoms with van der Waals surface area (Å²) < 4.78 is 0. The minimum Gasteiger partial charge on any atom is -0.323 e. The van der Waals surface area contributed by atoms with Gasteiger partial charge in [-0.15, -0.1) is 0 Å². The Morgan fingerprint density at radius 1 is 1.22 bits per heavy atom. The number of hydrogen-bond donors (Lipinski definition) is 1. The van der Waals surface area contributed by atoms with Gasteiger partial charge in [0.1, 0.15) is 0 Å². The van der Waals surface area contributed by atoms with E-state index in [1.165, 1.54) is 30.5 Å². The Balaban J connectivity index is 1.98. The molecule has 1 aromatic carbocycles. The van der Waals surface area contributed by atoms with Crippen LogP contribution in [0, 0.1) is 0 Å². The van der Waals surface area contributed by atoms with Crippen LogP contribution in [0.2, 0.25) is 0 Å². The second-order valence-corrected chi connectivity index (χ2v) is 5.91. The molecule has 0 spiro atoms. The minimum atomic E-state index is 0.145. The highest BCUT2D eigenvalue weighted by atomic mass is 15.2. The Morgan fingerprint density at radius 2 is 1.83 bits per heavy atom. The molecule has 2 atom stereocenters. The van der Waals surface area contributed by atoms with Gasteiger partial charge in [0, 0.05) is 18.6 Å². The average Bonchev–Trinajstić information content (AvgIpc) is 2.75. The number of rotatable bonds is 4. The summed E-state index contributed by atoms with van der Waals surface area (Å²) in [4.78, 5) is 2.51. The predicted molar refractivity (Wildman–Crippen MR) is 77.7 cm³/mol. The fourth-order valence-electron chi connectivity index (χ4n) is 2.75. The van der Waals surface area contributed by atoms with Crippen molar-refractivity contribution in [1.29, 1.82) is 0 Å². The molecule has 0 aliphatic carbocycles. The van der Waals surface area contributed by atoms with Gasteiger partial charge in [-0.25, -0.2) is 0 Å². The van der Waals surface area contributed by atoms with Crippen LogP contribution in [-0.2, 0) is 0 Å². The van der Waals surface area contributed by atoms with E-state index in [2.05, 4.69) is 49.9 Å². The van der Waals surface area contributed by atoms with Gasteiger partial charge in [-0.05, 0) is 43.4 Å². The predicted octanol–water partition coefficient (Wildman–Crippen LogP) is 3.29. The summed E-state index contributed by atoms with van der Waals surface area (Å²) in [6.07, 6.45) is 2.64. The third-order valence-electron chi connectivity index (χ3n) is 4.15. The largest absolute Gasteiger partial charge is 0.323 e. The highest BCUT2D eigenvalue weighted by molar-refractivity contribution is 5.26. The lowest BCUT2D eigenvalue weighted by molar-refractivity contribution is 0.252. The number of benzene rings is 1. The lowest BCUT2D eigenvalue weighted by Gasteiger charge is -2.25. The summed E-state index contributed by atoms with van der Waals surface area (Å²) in [5.41, 5.74) is 8.97. The van der Waals surface area contributed by atoms with Crippen LogP contribution in [0.15, 0.2) is 24.3 Å². The van der Waals surface area contributed by atoms with E-state index in [0.717, 1.165) is 6.54 Å². The maximum absolute atomic E-state index is 6.32. The molecule has 1 fully saturated rings. The molecule has 1 saturated heterocycles. The molecule has 1 aliphatic rings. The molecule has 0 radical (unpaired) electrons. The van der Waals surface area contributed by atoms with Gasteiger partial charge in [-0.2, -0.15) is 0 Å². The first-order valence-corrected chi connectivity index (χ1v) is 7.17. The van der Waals surface area contributed by atoms with Crippen molar-refractivity contribution in [2.24, 2.45) is 5.73 Å². The van der Waals surface area contributed by atoms with Gasteiger partial charge >= 0.3 is 0 Å². The van der Waals surface area contributed by atoms with Crippen LogP contribution >= 0.6 is 0 Å². The highest BCUT2D eigenvalue weighted by Crippen LogP contribution is 2.22. The lowest BCUT2D eigenvalue weighted by atomic mass is 9.99. The zero-order valence-corrected chi connectivity index (χ0v) is 11.9. The molecule has 0 saturated carbocycles. The summed E-state index contributed by atoms with van der Waals surface area (Å²) in [6.45, 7) is 8.95. The third-order valence-corrected chi connectivity index (χ3v) is 4.15. The van der Waals surface area contributed by atoms with Gasteiger partial charge in [0.15, 0.2) is 0 Å². The smallest absolute Gasteiger partial charge is 0.0424 e. The summed E-state index contributed by atoms with van der Waals surface area (Å²) in [5.74, 6) is 0.592. The van der Waals surface area contributed by atoms with Crippen molar-refractivity contribution in [2.75, 3.05) is 13.1 Å². The summed E-state index contributed by atoms with van der Waals surface area (Å²) in [6, 6.07) is 9.67. The molecular formula is C16H26N2. The van der Waals surface area contributed by atoms with Crippen LogP contribution in [0.1, 0.15) is 56.7 Å². The van der Waals surface area contributed by atoms with E-state index in [-0.39, 0.29) is 6.04 Å². The molecule has 2 rings (SSSR count). The second-order valence-electron chi connectivity index (χ2n) is 5.91. The van der Waals surface area contributed by atoms with Gasteiger partial charge in [0.05, 0.1) is 0 Å². The maximum atomic E-state index is 6.32. The molecule has 2 unspecified atom stereocenters. The fourth-order valence-corrected chi connectivity index (χ4v) is 2.75. The summed E-state index contributed by atoms with van der Waals surface area (Å²) in [5, 5.41) is 0. The van der Waals surface area contributed by atoms with Crippen molar-refractivity contribution >= 4 is 0 Å². The number of nitrogens with two attached hydrogens (primary N) is 1. The molecule has 1 aromatic rings. The second kappa shape index (κ2) is 5.85. The molecule has 1 heterocycles. The molecule has 1 aliphatic heterocycles. The Hall–Kier alpha value is -0.860. The van der Waals surface area contributed by atoms with E-state index >= 15 is 0 Å². The molecule has 2 N–H and O–H groups in total. The quantitative estimate of drug-likeness (QED) is 0.883. The topological polar surface area (TPSA) is 29.3 Å².